The summed E-state index contributed by atoms with van der Waals surface area (Å²) in [5.41, 5.74) is 1.71. The van der Waals surface area contributed by atoms with Crippen molar-refractivity contribution < 1.29 is 17.6 Å². The molecule has 1 aromatic heterocycles. The number of nitrogens with zero attached hydrogens (tertiary/aromatic N) is 2. The van der Waals surface area contributed by atoms with Crippen LogP contribution < -0.4 is 5.32 Å². The minimum Gasteiger partial charge on any atom is -0.407 e. The van der Waals surface area contributed by atoms with Crippen LogP contribution in [0.15, 0.2) is 63.9 Å². The average Bonchev–Trinajstić information content (AvgIpc) is 3.02. The van der Waals surface area contributed by atoms with Crippen LogP contribution in [0.1, 0.15) is 17.0 Å². The van der Waals surface area contributed by atoms with Crippen molar-refractivity contribution in [3.8, 4) is 0 Å². The number of rotatable bonds is 6. The van der Waals surface area contributed by atoms with Gasteiger partial charge in [0, 0.05) is 6.26 Å². The molecule has 26 heavy (non-hydrogen) atoms. The smallest absolute Gasteiger partial charge is 0.322 e. The van der Waals surface area contributed by atoms with Crippen LogP contribution in [0.3, 0.4) is 0 Å². The molecular formula is C18H17N3O4S. The molecule has 1 N–H and O–H groups in total. The Morgan fingerprint density at radius 3 is 2.35 bits per heavy atom. The summed E-state index contributed by atoms with van der Waals surface area (Å²) < 4.78 is 28.3. The number of sulfone groups is 1. The summed E-state index contributed by atoms with van der Waals surface area (Å²) in [5, 5.41) is 10.3. The molecular weight excluding hydrogens is 354 g/mol. The molecule has 0 atom stereocenters. The van der Waals surface area contributed by atoms with Gasteiger partial charge in [-0.2, -0.15) is 0 Å². The lowest BCUT2D eigenvalue weighted by Gasteiger charge is -2.03. The maximum Gasteiger partial charge on any atom is 0.322 e. The Labute approximate surface area is 151 Å². The van der Waals surface area contributed by atoms with Crippen molar-refractivity contribution in [3.05, 3.63) is 71.6 Å². The molecule has 0 saturated carbocycles. The maximum absolute atomic E-state index is 12.1. The Morgan fingerprint density at radius 2 is 1.69 bits per heavy atom. The highest BCUT2D eigenvalue weighted by atomic mass is 32.2. The molecule has 0 aliphatic rings. The van der Waals surface area contributed by atoms with E-state index in [1.165, 1.54) is 12.1 Å². The minimum atomic E-state index is -3.25. The molecule has 0 aliphatic heterocycles. The summed E-state index contributed by atoms with van der Waals surface area (Å²) >= 11 is 0. The van der Waals surface area contributed by atoms with Crippen molar-refractivity contribution in [2.75, 3.05) is 11.6 Å². The zero-order chi connectivity index (χ0) is 18.6. The normalized spacial score (nSPS) is 11.3. The first-order chi connectivity index (χ1) is 12.4. The zero-order valence-electron chi connectivity index (χ0n) is 14.0. The lowest BCUT2D eigenvalue weighted by molar-refractivity contribution is -0.115. The van der Waals surface area contributed by atoms with Crippen molar-refractivity contribution in [2.24, 2.45) is 0 Å². The monoisotopic (exact) mass is 371 g/mol. The van der Waals surface area contributed by atoms with E-state index in [0.29, 0.717) is 17.9 Å². The van der Waals surface area contributed by atoms with Gasteiger partial charge < -0.3 is 4.42 Å². The fraction of sp³-hybridized carbons (Fsp3) is 0.167. The van der Waals surface area contributed by atoms with E-state index < -0.39 is 9.84 Å². The molecule has 7 nitrogen and oxygen atoms in total. The molecule has 1 amide bonds. The van der Waals surface area contributed by atoms with E-state index in [9.17, 15) is 13.2 Å². The van der Waals surface area contributed by atoms with Crippen LogP contribution in [-0.2, 0) is 27.5 Å². The quantitative estimate of drug-likeness (QED) is 0.713. The third-order valence-electron chi connectivity index (χ3n) is 3.63. The van der Waals surface area contributed by atoms with E-state index in [0.717, 1.165) is 11.8 Å². The molecule has 1 heterocycles. The van der Waals surface area contributed by atoms with E-state index in [-0.39, 0.29) is 23.2 Å². The standard InChI is InChI=1S/C18H17N3O4S/c1-26(23,24)15-9-7-14(8-10-15)11-16(22)19-18-21-20-17(25-18)12-13-5-3-2-4-6-13/h2-10H,11-12H2,1H3,(H,19,21,22). The summed E-state index contributed by atoms with van der Waals surface area (Å²) in [6.07, 6.45) is 1.69. The second kappa shape index (κ2) is 7.49. The highest BCUT2D eigenvalue weighted by Gasteiger charge is 2.12. The van der Waals surface area contributed by atoms with E-state index in [4.69, 9.17) is 4.42 Å². The number of carbonyl (C=O) groups excluding carboxylic acids is 1. The second-order valence-corrected chi connectivity index (χ2v) is 7.82. The molecule has 2 aromatic carbocycles. The molecule has 3 rings (SSSR count). The Kier molecular flexibility index (Phi) is 5.13. The first kappa shape index (κ1) is 17.8. The minimum absolute atomic E-state index is 0.0358. The van der Waals surface area contributed by atoms with Gasteiger partial charge in [-0.3, -0.25) is 10.1 Å². The predicted octanol–water partition coefficient (Wildman–Crippen LogP) is 2.25. The fourth-order valence-corrected chi connectivity index (χ4v) is 2.98. The van der Waals surface area contributed by atoms with Gasteiger partial charge >= 0.3 is 6.01 Å². The highest BCUT2D eigenvalue weighted by Crippen LogP contribution is 2.13. The Morgan fingerprint density at radius 1 is 1.00 bits per heavy atom. The van der Waals surface area contributed by atoms with Crippen LogP contribution in [-0.4, -0.2) is 30.8 Å². The van der Waals surface area contributed by atoms with Crippen molar-refractivity contribution in [3.63, 3.8) is 0 Å². The number of carbonyl (C=O) groups is 1. The van der Waals surface area contributed by atoms with Gasteiger partial charge in [0.25, 0.3) is 0 Å². The maximum atomic E-state index is 12.1. The topological polar surface area (TPSA) is 102 Å². The second-order valence-electron chi connectivity index (χ2n) is 5.80. The van der Waals surface area contributed by atoms with E-state index in [1.807, 2.05) is 30.3 Å². The van der Waals surface area contributed by atoms with Crippen LogP contribution in [0.4, 0.5) is 6.01 Å². The Balaban J connectivity index is 1.58. The zero-order valence-corrected chi connectivity index (χ0v) is 14.9. The lowest BCUT2D eigenvalue weighted by Crippen LogP contribution is -2.14. The molecule has 0 fully saturated rings. The molecule has 0 unspecified atom stereocenters. The van der Waals surface area contributed by atoms with E-state index >= 15 is 0 Å². The van der Waals surface area contributed by atoms with Gasteiger partial charge in [0.2, 0.25) is 11.8 Å². The van der Waals surface area contributed by atoms with Gasteiger partial charge in [0.15, 0.2) is 9.84 Å². The van der Waals surface area contributed by atoms with Crippen LogP contribution in [0, 0.1) is 0 Å². The van der Waals surface area contributed by atoms with Crippen molar-refractivity contribution in [1.29, 1.82) is 0 Å². The third-order valence-corrected chi connectivity index (χ3v) is 4.76. The number of benzene rings is 2. The number of aromatic nitrogens is 2. The summed E-state index contributed by atoms with van der Waals surface area (Å²) in [6.45, 7) is 0. The van der Waals surface area contributed by atoms with Crippen LogP contribution in [0.2, 0.25) is 0 Å². The largest absolute Gasteiger partial charge is 0.407 e. The molecule has 0 radical (unpaired) electrons. The SMILES string of the molecule is CS(=O)(=O)c1ccc(CC(=O)Nc2nnc(Cc3ccccc3)o2)cc1. The third kappa shape index (κ3) is 4.76. The number of nitrogens with one attached hydrogen (secondary N) is 1. The van der Waals surface area contributed by atoms with E-state index in [2.05, 4.69) is 15.5 Å². The summed E-state index contributed by atoms with van der Waals surface area (Å²) in [6, 6.07) is 15.8. The van der Waals surface area contributed by atoms with E-state index in [1.54, 1.807) is 12.1 Å². The summed E-state index contributed by atoms with van der Waals surface area (Å²) in [5.74, 6) is 0.0797. The fourth-order valence-electron chi connectivity index (χ4n) is 2.35. The van der Waals surface area contributed by atoms with Gasteiger partial charge in [-0.25, -0.2) is 8.42 Å². The average molecular weight is 371 g/mol. The first-order valence-corrected chi connectivity index (χ1v) is 9.74. The number of amides is 1. The number of hydrogen-bond acceptors (Lipinski definition) is 6. The number of anilines is 1. The Bertz CT molecular complexity index is 996. The molecule has 0 saturated heterocycles. The molecule has 134 valence electrons. The molecule has 0 aliphatic carbocycles. The summed E-state index contributed by atoms with van der Waals surface area (Å²) in [7, 11) is -3.25. The van der Waals surface area contributed by atoms with Gasteiger partial charge in [-0.1, -0.05) is 47.6 Å². The summed E-state index contributed by atoms with van der Waals surface area (Å²) in [4.78, 5) is 12.3. The molecule has 3 aromatic rings. The van der Waals surface area contributed by atoms with Gasteiger partial charge in [-0.05, 0) is 23.3 Å². The molecule has 8 heteroatoms. The predicted molar refractivity (Wildman–Crippen MR) is 95.4 cm³/mol. The van der Waals surface area contributed by atoms with Gasteiger partial charge in [0.1, 0.15) is 0 Å². The van der Waals surface area contributed by atoms with Crippen molar-refractivity contribution in [1.82, 2.24) is 10.2 Å². The van der Waals surface area contributed by atoms with Gasteiger partial charge in [0.05, 0.1) is 17.7 Å². The molecule has 0 spiro atoms. The van der Waals surface area contributed by atoms with Crippen molar-refractivity contribution in [2.45, 2.75) is 17.7 Å². The highest BCUT2D eigenvalue weighted by molar-refractivity contribution is 7.90. The van der Waals surface area contributed by atoms with Crippen LogP contribution in [0.5, 0.6) is 0 Å². The van der Waals surface area contributed by atoms with Crippen LogP contribution in [0.25, 0.3) is 0 Å². The van der Waals surface area contributed by atoms with Crippen molar-refractivity contribution >= 4 is 21.8 Å². The van der Waals surface area contributed by atoms with Gasteiger partial charge in [-0.15, -0.1) is 5.10 Å². The molecule has 0 bridgehead atoms. The van der Waals surface area contributed by atoms with Crippen LogP contribution >= 0.6 is 0 Å². The lowest BCUT2D eigenvalue weighted by atomic mass is 10.1. The first-order valence-electron chi connectivity index (χ1n) is 7.85. The Hall–Kier alpha value is -3.00. The number of hydrogen-bond donors (Lipinski definition) is 1.